The largest absolute Gasteiger partial charge is 0.368 e. The summed E-state index contributed by atoms with van der Waals surface area (Å²) in [5.41, 5.74) is 2.53. The quantitative estimate of drug-likeness (QED) is 0.842. The van der Waals surface area contributed by atoms with Crippen molar-refractivity contribution < 1.29 is 9.59 Å². The molecule has 2 fully saturated rings. The number of hydrogen-bond donors (Lipinski definition) is 0. The lowest BCUT2D eigenvalue weighted by Crippen LogP contribution is -2.48. The van der Waals surface area contributed by atoms with E-state index in [2.05, 4.69) is 17.0 Å². The maximum Gasteiger partial charge on any atom is 0.253 e. The average molecular weight is 363 g/mol. The van der Waals surface area contributed by atoms with Crippen molar-refractivity contribution in [1.82, 2.24) is 9.80 Å². The molecule has 2 aliphatic heterocycles. The van der Waals surface area contributed by atoms with Crippen LogP contribution in [0.25, 0.3) is 0 Å². The Labute approximate surface area is 160 Å². The second kappa shape index (κ2) is 7.82. The van der Waals surface area contributed by atoms with Crippen molar-refractivity contribution in [3.8, 4) is 0 Å². The fourth-order valence-electron chi connectivity index (χ4n) is 3.85. The maximum atomic E-state index is 12.8. The third kappa shape index (κ3) is 3.82. The van der Waals surface area contributed by atoms with Crippen LogP contribution in [-0.2, 0) is 0 Å². The third-order valence-electron chi connectivity index (χ3n) is 5.46. The van der Waals surface area contributed by atoms with Gasteiger partial charge in [0.2, 0.25) is 0 Å². The molecule has 140 valence electrons. The molecule has 5 heteroatoms. The summed E-state index contributed by atoms with van der Waals surface area (Å²) < 4.78 is 0. The number of nitrogens with zero attached hydrogens (tertiary/aromatic N) is 3. The highest BCUT2D eigenvalue weighted by Gasteiger charge is 2.23. The number of carbonyl (C=O) groups is 2. The first-order valence-corrected chi connectivity index (χ1v) is 9.71. The van der Waals surface area contributed by atoms with E-state index in [-0.39, 0.29) is 11.8 Å². The SMILES string of the molecule is O=C(c1ccc(C(=O)N2CCN(c3ccccc3)CC2)cc1)N1CCCC1. The second-order valence-electron chi connectivity index (χ2n) is 7.19. The van der Waals surface area contributed by atoms with Gasteiger partial charge in [0.05, 0.1) is 0 Å². The third-order valence-corrected chi connectivity index (χ3v) is 5.46. The van der Waals surface area contributed by atoms with E-state index < -0.39 is 0 Å². The molecule has 0 aromatic heterocycles. The molecule has 2 aliphatic rings. The van der Waals surface area contributed by atoms with Gasteiger partial charge in [0.15, 0.2) is 0 Å². The summed E-state index contributed by atoms with van der Waals surface area (Å²) in [5.74, 6) is 0.117. The van der Waals surface area contributed by atoms with Crippen molar-refractivity contribution in [2.75, 3.05) is 44.2 Å². The Morgan fingerprint density at radius 2 is 1.07 bits per heavy atom. The molecule has 5 nitrogen and oxygen atoms in total. The number of hydrogen-bond acceptors (Lipinski definition) is 3. The second-order valence-corrected chi connectivity index (χ2v) is 7.19. The fourth-order valence-corrected chi connectivity index (χ4v) is 3.85. The molecule has 0 radical (unpaired) electrons. The van der Waals surface area contributed by atoms with Crippen molar-refractivity contribution in [2.45, 2.75) is 12.8 Å². The Morgan fingerprint density at radius 1 is 0.593 bits per heavy atom. The van der Waals surface area contributed by atoms with Crippen LogP contribution in [0.1, 0.15) is 33.6 Å². The number of carbonyl (C=O) groups excluding carboxylic acids is 2. The van der Waals surface area contributed by atoms with Gasteiger partial charge in [-0.25, -0.2) is 0 Å². The number of rotatable bonds is 3. The monoisotopic (exact) mass is 363 g/mol. The summed E-state index contributed by atoms with van der Waals surface area (Å²) in [4.78, 5) is 31.3. The minimum absolute atomic E-state index is 0.0443. The molecule has 0 saturated carbocycles. The molecule has 0 spiro atoms. The number of amides is 2. The molecule has 0 atom stereocenters. The van der Waals surface area contributed by atoms with Crippen LogP contribution >= 0.6 is 0 Å². The van der Waals surface area contributed by atoms with Gasteiger partial charge in [-0.15, -0.1) is 0 Å². The first-order chi connectivity index (χ1) is 13.2. The van der Waals surface area contributed by atoms with Gasteiger partial charge in [-0.1, -0.05) is 18.2 Å². The molecular formula is C22H25N3O2. The zero-order valence-electron chi connectivity index (χ0n) is 15.5. The topological polar surface area (TPSA) is 43.9 Å². The zero-order chi connectivity index (χ0) is 18.6. The van der Waals surface area contributed by atoms with E-state index in [1.165, 1.54) is 5.69 Å². The Morgan fingerprint density at radius 3 is 1.59 bits per heavy atom. The molecule has 4 rings (SSSR count). The smallest absolute Gasteiger partial charge is 0.253 e. The molecule has 2 aromatic carbocycles. The Hall–Kier alpha value is -2.82. The van der Waals surface area contributed by atoms with Gasteiger partial charge in [-0.2, -0.15) is 0 Å². The molecule has 2 amide bonds. The van der Waals surface area contributed by atoms with E-state index >= 15 is 0 Å². The van der Waals surface area contributed by atoms with Gasteiger partial charge in [0, 0.05) is 56.1 Å². The van der Waals surface area contributed by atoms with Gasteiger partial charge in [-0.05, 0) is 49.2 Å². The van der Waals surface area contributed by atoms with Crippen molar-refractivity contribution in [1.29, 1.82) is 0 Å². The van der Waals surface area contributed by atoms with Crippen LogP contribution < -0.4 is 4.90 Å². The van der Waals surface area contributed by atoms with Gasteiger partial charge in [0.1, 0.15) is 0 Å². The highest BCUT2D eigenvalue weighted by Crippen LogP contribution is 2.18. The zero-order valence-corrected chi connectivity index (χ0v) is 15.5. The van der Waals surface area contributed by atoms with Crippen LogP contribution in [0.4, 0.5) is 5.69 Å². The molecule has 2 heterocycles. The lowest BCUT2D eigenvalue weighted by Gasteiger charge is -2.36. The van der Waals surface area contributed by atoms with E-state index in [9.17, 15) is 9.59 Å². The van der Waals surface area contributed by atoms with Crippen LogP contribution in [0.2, 0.25) is 0 Å². The Kier molecular flexibility index (Phi) is 5.10. The van der Waals surface area contributed by atoms with E-state index in [0.717, 1.165) is 39.0 Å². The van der Waals surface area contributed by atoms with Gasteiger partial charge in [-0.3, -0.25) is 9.59 Å². The van der Waals surface area contributed by atoms with E-state index in [0.29, 0.717) is 24.2 Å². The van der Waals surface area contributed by atoms with Gasteiger partial charge < -0.3 is 14.7 Å². The summed E-state index contributed by atoms with van der Waals surface area (Å²) in [6.07, 6.45) is 2.16. The standard InChI is InChI=1S/C22H25N3O2/c26-21(24-12-4-5-13-24)18-8-10-19(11-9-18)22(27)25-16-14-23(15-17-25)20-6-2-1-3-7-20/h1-3,6-11H,4-5,12-17H2. The molecule has 2 saturated heterocycles. The summed E-state index contributed by atoms with van der Waals surface area (Å²) in [6.45, 7) is 4.77. The minimum atomic E-state index is 0.0443. The molecule has 0 N–H and O–H groups in total. The van der Waals surface area contributed by atoms with Crippen molar-refractivity contribution in [2.24, 2.45) is 0 Å². The summed E-state index contributed by atoms with van der Waals surface area (Å²) >= 11 is 0. The predicted molar refractivity (Wildman–Crippen MR) is 106 cm³/mol. The number of piperazine rings is 1. The van der Waals surface area contributed by atoms with Crippen molar-refractivity contribution in [3.63, 3.8) is 0 Å². The molecule has 0 aliphatic carbocycles. The Balaban J connectivity index is 1.36. The first-order valence-electron chi connectivity index (χ1n) is 9.71. The average Bonchev–Trinajstić information content (AvgIpc) is 3.28. The summed E-state index contributed by atoms with van der Waals surface area (Å²) in [5, 5.41) is 0. The lowest BCUT2D eigenvalue weighted by molar-refractivity contribution is 0.0744. The van der Waals surface area contributed by atoms with Gasteiger partial charge >= 0.3 is 0 Å². The molecule has 27 heavy (non-hydrogen) atoms. The molecule has 0 unspecified atom stereocenters. The van der Waals surface area contributed by atoms with E-state index in [4.69, 9.17) is 0 Å². The minimum Gasteiger partial charge on any atom is -0.368 e. The number of benzene rings is 2. The van der Waals surface area contributed by atoms with Crippen LogP contribution in [0.3, 0.4) is 0 Å². The van der Waals surface area contributed by atoms with Crippen molar-refractivity contribution >= 4 is 17.5 Å². The molecule has 2 aromatic rings. The fraction of sp³-hybridized carbons (Fsp3) is 0.364. The summed E-state index contributed by atoms with van der Waals surface area (Å²) in [7, 11) is 0. The van der Waals surface area contributed by atoms with E-state index in [1.54, 1.807) is 24.3 Å². The summed E-state index contributed by atoms with van der Waals surface area (Å²) in [6, 6.07) is 17.4. The normalized spacial score (nSPS) is 17.3. The van der Waals surface area contributed by atoms with Crippen LogP contribution in [0, 0.1) is 0 Å². The van der Waals surface area contributed by atoms with Crippen LogP contribution in [0.5, 0.6) is 0 Å². The van der Waals surface area contributed by atoms with Gasteiger partial charge in [0.25, 0.3) is 11.8 Å². The van der Waals surface area contributed by atoms with Crippen molar-refractivity contribution in [3.05, 3.63) is 65.7 Å². The number of anilines is 1. The number of para-hydroxylation sites is 1. The lowest BCUT2D eigenvalue weighted by atomic mass is 10.1. The maximum absolute atomic E-state index is 12.8. The Bertz CT molecular complexity index is 790. The van der Waals surface area contributed by atoms with Crippen LogP contribution in [0.15, 0.2) is 54.6 Å². The molecular weight excluding hydrogens is 338 g/mol. The predicted octanol–water partition coefficient (Wildman–Crippen LogP) is 2.89. The highest BCUT2D eigenvalue weighted by atomic mass is 16.2. The highest BCUT2D eigenvalue weighted by molar-refractivity contribution is 5.98. The molecule has 0 bridgehead atoms. The number of likely N-dealkylation sites (tertiary alicyclic amines) is 1. The van der Waals surface area contributed by atoms with Crippen LogP contribution in [-0.4, -0.2) is 60.9 Å². The first kappa shape index (κ1) is 17.6. The van der Waals surface area contributed by atoms with E-state index in [1.807, 2.05) is 28.0 Å².